The van der Waals surface area contributed by atoms with Crippen LogP contribution < -0.4 is 23.1 Å². The normalized spacial score (nSPS) is 13.9. The maximum absolute atomic E-state index is 12.9. The van der Waals surface area contributed by atoms with Crippen LogP contribution in [0.3, 0.4) is 0 Å². The first-order valence-corrected chi connectivity index (χ1v) is 4.68. The van der Waals surface area contributed by atoms with Gasteiger partial charge in [0, 0.05) is 0 Å². The summed E-state index contributed by atoms with van der Waals surface area (Å²) in [4.78, 5) is 1.41. The molecule has 0 unspecified atom stereocenters. The summed E-state index contributed by atoms with van der Waals surface area (Å²) < 4.78 is 86.4. The molecular formula is C8H9Cl2F7N2. The molecule has 0 rings (SSSR count). The molecule has 11 heteroatoms. The van der Waals surface area contributed by atoms with E-state index in [1.54, 1.807) is 0 Å². The van der Waals surface area contributed by atoms with Crippen LogP contribution in [0.5, 0.6) is 0 Å². The summed E-state index contributed by atoms with van der Waals surface area (Å²) in [6.07, 6.45) is -6.44. The van der Waals surface area contributed by atoms with Crippen LogP contribution in [0.25, 0.3) is 0 Å². The maximum atomic E-state index is 12.9. The number of hydrogen-bond donors (Lipinski definition) is 2. The molecule has 0 heterocycles. The lowest BCUT2D eigenvalue weighted by atomic mass is 10.1. The molecule has 0 saturated heterocycles. The molecular weight excluding hydrogens is 328 g/mol. The molecule has 2 nitrogen and oxygen atoms in total. The molecule has 114 valence electrons. The lowest BCUT2D eigenvalue weighted by Gasteiger charge is -2.25. The Labute approximate surface area is 114 Å². The van der Waals surface area contributed by atoms with Crippen molar-refractivity contribution in [3.63, 3.8) is 0 Å². The topological polar surface area (TPSA) is 40.0 Å². The predicted octanol–water partition coefficient (Wildman–Crippen LogP) is -1.25. The molecule has 3 N–H and O–H groups in total. The lowest BCUT2D eigenvalue weighted by Crippen LogP contribution is -3.00. The quantitative estimate of drug-likeness (QED) is 0.287. The smallest absolute Gasteiger partial charge is 0.460 e. The van der Waals surface area contributed by atoms with Crippen molar-refractivity contribution in [1.29, 1.82) is 0 Å². The van der Waals surface area contributed by atoms with Crippen LogP contribution in [0.1, 0.15) is 13.8 Å². The van der Waals surface area contributed by atoms with Gasteiger partial charge >= 0.3 is 23.9 Å². The molecule has 0 atom stereocenters. The Balaban J connectivity index is 0. The van der Waals surface area contributed by atoms with Gasteiger partial charge in [-0.05, 0) is 31.0 Å². The number of allylic oxidation sites excluding steroid dienone is 1. The number of hydrogen-bond acceptors (Lipinski definition) is 0. The SMILES string of the molecule is CC(C)=C(Cl)/[NH+]=C(/N)C(F)(F)C(F)(F)C(F)(F)F.[Cl-]. The van der Waals surface area contributed by atoms with Gasteiger partial charge in [0.05, 0.1) is 0 Å². The largest absolute Gasteiger partial charge is 1.00 e. The summed E-state index contributed by atoms with van der Waals surface area (Å²) in [6.45, 7) is 2.62. The Bertz CT molecular complexity index is 383. The fraction of sp³-hybridized carbons (Fsp3) is 0.625. The second-order valence-corrected chi connectivity index (χ2v) is 3.88. The van der Waals surface area contributed by atoms with Crippen LogP contribution in [0.4, 0.5) is 30.7 Å². The van der Waals surface area contributed by atoms with Crippen molar-refractivity contribution in [3.8, 4) is 0 Å². The molecule has 0 aromatic heterocycles. The Hall–Kier alpha value is -0.700. The van der Waals surface area contributed by atoms with E-state index in [4.69, 9.17) is 11.6 Å². The number of alkyl halides is 7. The van der Waals surface area contributed by atoms with Crippen molar-refractivity contribution in [2.75, 3.05) is 0 Å². The van der Waals surface area contributed by atoms with Gasteiger partial charge in [-0.1, -0.05) is 0 Å². The minimum absolute atomic E-state index is 0. The molecule has 0 aliphatic carbocycles. The minimum Gasteiger partial charge on any atom is -1.00 e. The molecule has 0 saturated carbocycles. The number of nitrogens with two attached hydrogens (primary N) is 1. The zero-order valence-corrected chi connectivity index (χ0v) is 11.0. The molecule has 19 heavy (non-hydrogen) atoms. The zero-order valence-electron chi connectivity index (χ0n) is 9.48. The van der Waals surface area contributed by atoms with Crippen LogP contribution in [0.2, 0.25) is 0 Å². The van der Waals surface area contributed by atoms with Gasteiger partial charge in [0.2, 0.25) is 0 Å². The molecule has 0 aromatic rings. The van der Waals surface area contributed by atoms with Crippen molar-refractivity contribution >= 4 is 17.4 Å². The van der Waals surface area contributed by atoms with Gasteiger partial charge in [0.25, 0.3) is 0 Å². The van der Waals surface area contributed by atoms with Gasteiger partial charge in [-0.25, -0.2) is 4.99 Å². The van der Waals surface area contributed by atoms with Crippen LogP contribution >= 0.6 is 11.6 Å². The summed E-state index contributed by atoms with van der Waals surface area (Å²) in [7, 11) is 0. The zero-order chi connectivity index (χ0) is 14.9. The number of nitrogens with one attached hydrogen (secondary N) is 1. The standard InChI is InChI=1S/C8H8ClF7N2.ClH/c1-3(2)4(9)18-5(17)6(10,11)7(12,13)8(14,15)16;/h1-2H3,(H2,17,18);1H. The van der Waals surface area contributed by atoms with Crippen molar-refractivity contribution in [2.45, 2.75) is 31.9 Å². The van der Waals surface area contributed by atoms with Crippen LogP contribution in [-0.4, -0.2) is 23.9 Å². The first kappa shape index (κ1) is 20.6. The van der Waals surface area contributed by atoms with E-state index in [9.17, 15) is 30.7 Å². The van der Waals surface area contributed by atoms with E-state index in [-0.39, 0.29) is 18.0 Å². The Morgan fingerprint density at radius 3 is 1.63 bits per heavy atom. The van der Waals surface area contributed by atoms with E-state index < -0.39 is 29.0 Å². The molecule has 0 fully saturated rings. The number of rotatable bonds is 3. The average molecular weight is 337 g/mol. The summed E-state index contributed by atoms with van der Waals surface area (Å²) in [5, 5.41) is -0.565. The fourth-order valence-electron chi connectivity index (χ4n) is 0.669. The van der Waals surface area contributed by atoms with Crippen molar-refractivity contribution in [1.82, 2.24) is 0 Å². The highest BCUT2D eigenvalue weighted by atomic mass is 35.5. The highest BCUT2D eigenvalue weighted by molar-refractivity contribution is 6.28. The van der Waals surface area contributed by atoms with Gasteiger partial charge in [-0.2, -0.15) is 30.7 Å². The molecule has 0 spiro atoms. The van der Waals surface area contributed by atoms with Gasteiger partial charge < -0.3 is 12.4 Å². The molecule has 0 bridgehead atoms. The van der Waals surface area contributed by atoms with Crippen LogP contribution in [0, 0.1) is 0 Å². The number of halogens is 9. The van der Waals surface area contributed by atoms with E-state index in [0.717, 1.165) is 0 Å². The van der Waals surface area contributed by atoms with Crippen LogP contribution in [0.15, 0.2) is 10.7 Å². The molecule has 0 amide bonds. The van der Waals surface area contributed by atoms with E-state index in [1.165, 1.54) is 18.8 Å². The second kappa shape index (κ2) is 6.17. The highest BCUT2D eigenvalue weighted by Crippen LogP contribution is 2.45. The summed E-state index contributed by atoms with van der Waals surface area (Å²) in [5.41, 5.74) is 4.70. The molecule has 0 radical (unpaired) electrons. The van der Waals surface area contributed by atoms with Crippen LogP contribution in [-0.2, 0) is 0 Å². The maximum Gasteiger partial charge on any atom is 0.460 e. The predicted molar refractivity (Wildman–Crippen MR) is 50.3 cm³/mol. The minimum atomic E-state index is -6.44. The van der Waals surface area contributed by atoms with Gasteiger partial charge in [0.15, 0.2) is 5.16 Å². The van der Waals surface area contributed by atoms with Crippen molar-refractivity contribution in [2.24, 2.45) is 5.73 Å². The Morgan fingerprint density at radius 2 is 1.37 bits per heavy atom. The summed E-state index contributed by atoms with van der Waals surface area (Å²) in [5.74, 6) is -14.0. The Morgan fingerprint density at radius 1 is 1.00 bits per heavy atom. The fourth-order valence-corrected chi connectivity index (χ4v) is 0.771. The lowest BCUT2D eigenvalue weighted by molar-refractivity contribution is -0.409. The first-order valence-electron chi connectivity index (χ1n) is 4.30. The summed E-state index contributed by atoms with van der Waals surface area (Å²) in [6, 6.07) is 0. The molecule has 0 aliphatic rings. The Kier molecular flexibility index (Phi) is 6.69. The third-order valence-corrected chi connectivity index (χ3v) is 2.24. The van der Waals surface area contributed by atoms with E-state index in [0.29, 0.717) is 0 Å². The monoisotopic (exact) mass is 336 g/mol. The van der Waals surface area contributed by atoms with Crippen molar-refractivity contribution in [3.05, 3.63) is 10.7 Å². The van der Waals surface area contributed by atoms with E-state index in [1.807, 2.05) is 0 Å². The van der Waals surface area contributed by atoms with Gasteiger partial charge in [-0.3, -0.25) is 5.73 Å². The second-order valence-electron chi connectivity index (χ2n) is 3.50. The summed E-state index contributed by atoms with van der Waals surface area (Å²) >= 11 is 5.29. The highest BCUT2D eigenvalue weighted by Gasteiger charge is 2.76. The van der Waals surface area contributed by atoms with Gasteiger partial charge in [0.1, 0.15) is 0 Å². The first-order chi connectivity index (χ1) is 7.75. The van der Waals surface area contributed by atoms with E-state index in [2.05, 4.69) is 5.73 Å². The van der Waals surface area contributed by atoms with E-state index >= 15 is 0 Å². The molecule has 0 aromatic carbocycles. The third kappa shape index (κ3) is 4.13. The average Bonchev–Trinajstić information content (AvgIpc) is 2.14. The van der Waals surface area contributed by atoms with Crippen molar-refractivity contribution < 1.29 is 48.1 Å². The molecule has 0 aliphatic heterocycles. The third-order valence-electron chi connectivity index (χ3n) is 1.77. The van der Waals surface area contributed by atoms with Gasteiger partial charge in [-0.15, -0.1) is 0 Å². The number of amidine groups is 1.